The van der Waals surface area contributed by atoms with Gasteiger partial charge in [-0.2, -0.15) is 0 Å². The third-order valence-electron chi connectivity index (χ3n) is 3.88. The number of aromatic amines is 1. The molecule has 0 fully saturated rings. The Labute approximate surface area is 128 Å². The SMILES string of the molecule is NCCCCc1c(-c2ccccc2)[nH]c2c(F)cc(F)cc12. The molecular weight excluding hydrogens is 282 g/mol. The van der Waals surface area contributed by atoms with Crippen LogP contribution in [0.4, 0.5) is 8.78 Å². The molecule has 4 heteroatoms. The van der Waals surface area contributed by atoms with E-state index in [4.69, 9.17) is 5.73 Å². The van der Waals surface area contributed by atoms with Crippen molar-refractivity contribution in [3.63, 3.8) is 0 Å². The maximum Gasteiger partial charge on any atom is 0.150 e. The average Bonchev–Trinajstić information content (AvgIpc) is 2.88. The van der Waals surface area contributed by atoms with Crippen LogP contribution < -0.4 is 5.73 Å². The smallest absolute Gasteiger partial charge is 0.150 e. The maximum atomic E-state index is 14.1. The highest BCUT2D eigenvalue weighted by Crippen LogP contribution is 2.33. The van der Waals surface area contributed by atoms with E-state index in [1.807, 2.05) is 30.3 Å². The molecule has 3 N–H and O–H groups in total. The van der Waals surface area contributed by atoms with Gasteiger partial charge in [0.2, 0.25) is 0 Å². The van der Waals surface area contributed by atoms with E-state index in [1.165, 1.54) is 6.07 Å². The molecule has 0 saturated heterocycles. The summed E-state index contributed by atoms with van der Waals surface area (Å²) in [4.78, 5) is 3.13. The molecule has 0 saturated carbocycles. The standard InChI is InChI=1S/C18H18F2N2/c19-13-10-15-14(8-4-5-9-21)17(12-6-2-1-3-7-12)22-18(15)16(20)11-13/h1-3,6-7,10-11,22H,4-5,8-9,21H2. The summed E-state index contributed by atoms with van der Waals surface area (Å²) in [6.45, 7) is 0.617. The number of aryl methyl sites for hydroxylation is 1. The normalized spacial score (nSPS) is 11.2. The lowest BCUT2D eigenvalue weighted by molar-refractivity contribution is 0.591. The predicted molar refractivity (Wildman–Crippen MR) is 85.6 cm³/mol. The number of benzene rings is 2. The first kappa shape index (κ1) is 14.7. The number of nitrogens with two attached hydrogens (primary N) is 1. The van der Waals surface area contributed by atoms with Gasteiger partial charge in [-0.3, -0.25) is 0 Å². The van der Waals surface area contributed by atoms with Crippen molar-refractivity contribution in [2.24, 2.45) is 5.73 Å². The first-order valence-electron chi connectivity index (χ1n) is 7.46. The number of hydrogen-bond donors (Lipinski definition) is 2. The molecule has 0 radical (unpaired) electrons. The third-order valence-corrected chi connectivity index (χ3v) is 3.88. The monoisotopic (exact) mass is 300 g/mol. The summed E-state index contributed by atoms with van der Waals surface area (Å²) in [5, 5.41) is 0.619. The molecule has 2 aromatic carbocycles. The van der Waals surface area contributed by atoms with Gasteiger partial charge in [-0.25, -0.2) is 8.78 Å². The van der Waals surface area contributed by atoms with E-state index in [-0.39, 0.29) is 0 Å². The zero-order valence-corrected chi connectivity index (χ0v) is 12.2. The average molecular weight is 300 g/mol. The van der Waals surface area contributed by atoms with Crippen LogP contribution in [0.3, 0.4) is 0 Å². The Bertz CT molecular complexity index is 779. The molecule has 0 amide bonds. The van der Waals surface area contributed by atoms with Crippen LogP contribution in [0.5, 0.6) is 0 Å². The lowest BCUT2D eigenvalue weighted by atomic mass is 10.0. The third kappa shape index (κ3) is 2.74. The molecule has 1 aromatic heterocycles. The molecule has 0 spiro atoms. The van der Waals surface area contributed by atoms with Gasteiger partial charge in [-0.15, -0.1) is 0 Å². The number of halogens is 2. The number of aromatic nitrogens is 1. The molecule has 114 valence electrons. The molecule has 0 unspecified atom stereocenters. The minimum Gasteiger partial charge on any atom is -0.352 e. The summed E-state index contributed by atoms with van der Waals surface area (Å²) in [6.07, 6.45) is 2.52. The fourth-order valence-electron chi connectivity index (χ4n) is 2.83. The van der Waals surface area contributed by atoms with Crippen LogP contribution in [-0.4, -0.2) is 11.5 Å². The molecular formula is C18H18F2N2. The Balaban J connectivity index is 2.17. The highest BCUT2D eigenvalue weighted by molar-refractivity contribution is 5.91. The van der Waals surface area contributed by atoms with Crippen LogP contribution in [0.1, 0.15) is 18.4 Å². The Morgan fingerprint density at radius 3 is 2.50 bits per heavy atom. The topological polar surface area (TPSA) is 41.8 Å². The van der Waals surface area contributed by atoms with Crippen LogP contribution in [-0.2, 0) is 6.42 Å². The predicted octanol–water partition coefficient (Wildman–Crippen LogP) is 4.39. The van der Waals surface area contributed by atoms with Gasteiger partial charge in [0.25, 0.3) is 0 Å². The second kappa shape index (κ2) is 6.28. The Morgan fingerprint density at radius 1 is 1.00 bits per heavy atom. The van der Waals surface area contributed by atoms with Gasteiger partial charge < -0.3 is 10.7 Å². The quantitative estimate of drug-likeness (QED) is 0.674. The molecule has 0 bridgehead atoms. The van der Waals surface area contributed by atoms with Gasteiger partial charge in [-0.05, 0) is 43.0 Å². The molecule has 0 atom stereocenters. The largest absolute Gasteiger partial charge is 0.352 e. The lowest BCUT2D eigenvalue weighted by Crippen LogP contribution is -1.99. The molecule has 22 heavy (non-hydrogen) atoms. The van der Waals surface area contributed by atoms with Crippen LogP contribution in [0, 0.1) is 11.6 Å². The van der Waals surface area contributed by atoms with Crippen LogP contribution in [0.25, 0.3) is 22.2 Å². The Hall–Kier alpha value is -2.20. The Morgan fingerprint density at radius 2 is 1.77 bits per heavy atom. The van der Waals surface area contributed by atoms with Crippen LogP contribution in [0.15, 0.2) is 42.5 Å². The van der Waals surface area contributed by atoms with Crippen molar-refractivity contribution in [3.05, 3.63) is 59.7 Å². The van der Waals surface area contributed by atoms with Crippen molar-refractivity contribution in [2.75, 3.05) is 6.54 Å². The Kier molecular flexibility index (Phi) is 4.20. The minimum absolute atomic E-state index is 0.364. The molecule has 3 aromatic rings. The zero-order valence-electron chi connectivity index (χ0n) is 12.2. The fourth-order valence-corrected chi connectivity index (χ4v) is 2.83. The summed E-state index contributed by atoms with van der Waals surface area (Å²) >= 11 is 0. The first-order chi connectivity index (χ1) is 10.7. The van der Waals surface area contributed by atoms with Gasteiger partial charge >= 0.3 is 0 Å². The second-order valence-electron chi connectivity index (χ2n) is 5.40. The summed E-state index contributed by atoms with van der Waals surface area (Å²) < 4.78 is 27.7. The van der Waals surface area contributed by atoms with Crippen LogP contribution in [0.2, 0.25) is 0 Å². The molecule has 0 aliphatic rings. The number of fused-ring (bicyclic) bond motifs is 1. The lowest BCUT2D eigenvalue weighted by Gasteiger charge is -2.05. The summed E-state index contributed by atoms with van der Waals surface area (Å²) in [5.74, 6) is -1.11. The number of H-pyrrole nitrogens is 1. The number of unbranched alkanes of at least 4 members (excludes halogenated alkanes) is 1. The summed E-state index contributed by atoms with van der Waals surface area (Å²) in [6, 6.07) is 12.0. The van der Waals surface area contributed by atoms with E-state index in [0.29, 0.717) is 17.4 Å². The van der Waals surface area contributed by atoms with Crippen LogP contribution >= 0.6 is 0 Å². The maximum absolute atomic E-state index is 14.1. The summed E-state index contributed by atoms with van der Waals surface area (Å²) in [5.41, 5.74) is 8.70. The minimum atomic E-state index is -0.558. The van der Waals surface area contributed by atoms with Gasteiger partial charge in [0.05, 0.1) is 5.52 Å². The van der Waals surface area contributed by atoms with E-state index in [0.717, 1.165) is 42.1 Å². The van der Waals surface area contributed by atoms with Gasteiger partial charge in [0, 0.05) is 17.1 Å². The van der Waals surface area contributed by atoms with Gasteiger partial charge in [0.1, 0.15) is 11.6 Å². The molecule has 0 aliphatic carbocycles. The summed E-state index contributed by atoms with van der Waals surface area (Å²) in [7, 11) is 0. The highest BCUT2D eigenvalue weighted by atomic mass is 19.1. The number of hydrogen-bond acceptors (Lipinski definition) is 1. The van der Waals surface area contributed by atoms with E-state index < -0.39 is 11.6 Å². The van der Waals surface area contributed by atoms with E-state index in [2.05, 4.69) is 4.98 Å². The van der Waals surface area contributed by atoms with Crippen molar-refractivity contribution in [1.82, 2.24) is 4.98 Å². The fraction of sp³-hybridized carbons (Fsp3) is 0.222. The highest BCUT2D eigenvalue weighted by Gasteiger charge is 2.16. The van der Waals surface area contributed by atoms with Crippen molar-refractivity contribution in [3.8, 4) is 11.3 Å². The molecule has 1 heterocycles. The zero-order chi connectivity index (χ0) is 15.5. The van der Waals surface area contributed by atoms with Crippen molar-refractivity contribution in [1.29, 1.82) is 0 Å². The van der Waals surface area contributed by atoms with E-state index in [1.54, 1.807) is 0 Å². The molecule has 0 aliphatic heterocycles. The molecule has 3 rings (SSSR count). The van der Waals surface area contributed by atoms with Crippen molar-refractivity contribution in [2.45, 2.75) is 19.3 Å². The second-order valence-corrected chi connectivity index (χ2v) is 5.40. The molecule has 2 nitrogen and oxygen atoms in total. The van der Waals surface area contributed by atoms with E-state index in [9.17, 15) is 8.78 Å². The van der Waals surface area contributed by atoms with Gasteiger partial charge in [-0.1, -0.05) is 30.3 Å². The first-order valence-corrected chi connectivity index (χ1v) is 7.46. The number of nitrogens with one attached hydrogen (secondary N) is 1. The number of rotatable bonds is 5. The van der Waals surface area contributed by atoms with Gasteiger partial charge in [0.15, 0.2) is 0 Å². The van der Waals surface area contributed by atoms with Crippen molar-refractivity contribution < 1.29 is 8.78 Å². The van der Waals surface area contributed by atoms with E-state index >= 15 is 0 Å². The van der Waals surface area contributed by atoms with Crippen molar-refractivity contribution >= 4 is 10.9 Å².